The van der Waals surface area contributed by atoms with Crippen LogP contribution in [0.3, 0.4) is 0 Å². The predicted molar refractivity (Wildman–Crippen MR) is 70.5 cm³/mol. The predicted octanol–water partition coefficient (Wildman–Crippen LogP) is 2.64. The molecule has 2 aromatic heterocycles. The Morgan fingerprint density at radius 2 is 2.00 bits per heavy atom. The summed E-state index contributed by atoms with van der Waals surface area (Å²) < 4.78 is 7.25. The number of hydrogen-bond acceptors (Lipinski definition) is 3. The number of hydrogen-bond donors (Lipinski definition) is 0. The van der Waals surface area contributed by atoms with Gasteiger partial charge in [-0.1, -0.05) is 12.1 Å². The zero-order valence-electron chi connectivity index (χ0n) is 10.3. The largest absolute Gasteiger partial charge is 0.497 e. The summed E-state index contributed by atoms with van der Waals surface area (Å²) in [5.74, 6) is 1.63. The van der Waals surface area contributed by atoms with Gasteiger partial charge >= 0.3 is 0 Å². The van der Waals surface area contributed by atoms with Crippen LogP contribution in [-0.4, -0.2) is 21.6 Å². The number of pyridine rings is 1. The van der Waals surface area contributed by atoms with Gasteiger partial charge in [-0.15, -0.1) is 0 Å². The van der Waals surface area contributed by atoms with Crippen LogP contribution in [0, 0.1) is 0 Å². The molecule has 3 rings (SSSR count). The molecule has 0 unspecified atom stereocenters. The molecule has 0 saturated carbocycles. The summed E-state index contributed by atoms with van der Waals surface area (Å²) in [7, 11) is 3.64. The van der Waals surface area contributed by atoms with Gasteiger partial charge in [0.2, 0.25) is 0 Å². The highest BCUT2D eigenvalue weighted by molar-refractivity contribution is 5.79. The van der Waals surface area contributed by atoms with E-state index in [-0.39, 0.29) is 0 Å². The van der Waals surface area contributed by atoms with Crippen molar-refractivity contribution in [2.75, 3.05) is 7.11 Å². The van der Waals surface area contributed by atoms with E-state index < -0.39 is 0 Å². The van der Waals surface area contributed by atoms with Gasteiger partial charge in [0.25, 0.3) is 0 Å². The third-order valence-corrected chi connectivity index (χ3v) is 2.98. The van der Waals surface area contributed by atoms with Crippen molar-refractivity contribution in [1.82, 2.24) is 14.5 Å². The van der Waals surface area contributed by atoms with Crippen LogP contribution in [0.2, 0.25) is 0 Å². The Morgan fingerprint density at radius 3 is 2.78 bits per heavy atom. The van der Waals surface area contributed by atoms with E-state index in [2.05, 4.69) is 9.97 Å². The first kappa shape index (κ1) is 10.8. The van der Waals surface area contributed by atoms with E-state index in [4.69, 9.17) is 4.74 Å². The van der Waals surface area contributed by atoms with Gasteiger partial charge < -0.3 is 9.30 Å². The van der Waals surface area contributed by atoms with Crippen LogP contribution < -0.4 is 4.74 Å². The number of imidazole rings is 1. The molecule has 90 valence electrons. The summed E-state index contributed by atoms with van der Waals surface area (Å²) in [6.07, 6.45) is 1.73. The second kappa shape index (κ2) is 4.14. The molecule has 1 aromatic carbocycles. The summed E-state index contributed by atoms with van der Waals surface area (Å²) in [6.45, 7) is 0. The lowest BCUT2D eigenvalue weighted by Crippen LogP contribution is -1.95. The fourth-order valence-corrected chi connectivity index (χ4v) is 2.04. The van der Waals surface area contributed by atoms with Crippen molar-refractivity contribution in [2.45, 2.75) is 0 Å². The maximum atomic E-state index is 5.21. The lowest BCUT2D eigenvalue weighted by molar-refractivity contribution is 0.414. The van der Waals surface area contributed by atoms with Crippen LogP contribution in [0.25, 0.3) is 22.6 Å². The fourth-order valence-electron chi connectivity index (χ4n) is 2.04. The highest BCUT2D eigenvalue weighted by atomic mass is 16.5. The molecule has 0 spiro atoms. The van der Waals surface area contributed by atoms with Crippen LogP contribution in [-0.2, 0) is 7.05 Å². The number of aromatic nitrogens is 3. The zero-order valence-corrected chi connectivity index (χ0v) is 10.3. The van der Waals surface area contributed by atoms with Crippen molar-refractivity contribution in [3.05, 3.63) is 42.6 Å². The Balaban J connectivity index is 2.21. The molecule has 0 aliphatic carbocycles. The molecule has 0 N–H and O–H groups in total. The van der Waals surface area contributed by atoms with Crippen molar-refractivity contribution >= 4 is 11.0 Å². The number of rotatable bonds is 2. The van der Waals surface area contributed by atoms with Gasteiger partial charge in [-0.2, -0.15) is 0 Å². The van der Waals surface area contributed by atoms with Gasteiger partial charge in [-0.05, 0) is 18.2 Å². The molecule has 4 heteroatoms. The minimum absolute atomic E-state index is 0.784. The minimum Gasteiger partial charge on any atom is -0.497 e. The number of fused-ring (bicyclic) bond motifs is 1. The molecule has 0 amide bonds. The van der Waals surface area contributed by atoms with E-state index >= 15 is 0 Å². The Kier molecular flexibility index (Phi) is 2.48. The van der Waals surface area contributed by atoms with Crippen molar-refractivity contribution in [1.29, 1.82) is 0 Å². The van der Waals surface area contributed by atoms with Crippen LogP contribution in [0.15, 0.2) is 42.6 Å². The maximum Gasteiger partial charge on any atom is 0.159 e. The molecule has 4 nitrogen and oxygen atoms in total. The lowest BCUT2D eigenvalue weighted by Gasteiger charge is -2.03. The molecule has 0 bridgehead atoms. The topological polar surface area (TPSA) is 39.9 Å². The molecule has 3 aromatic rings. The first-order valence-electron chi connectivity index (χ1n) is 5.71. The number of nitrogens with zero attached hydrogens (tertiary/aromatic N) is 3. The van der Waals surface area contributed by atoms with Gasteiger partial charge in [0, 0.05) is 19.3 Å². The van der Waals surface area contributed by atoms with Gasteiger partial charge in [-0.25, -0.2) is 4.98 Å². The standard InChI is InChI=1S/C14H13N3O/c1-17-13-6-4-3-5-11(13)16-14(17)12-9-10(18-2)7-8-15-12/h3-9H,1-2H3. The Bertz CT molecular complexity index is 703. The highest BCUT2D eigenvalue weighted by Crippen LogP contribution is 2.24. The molecular formula is C14H13N3O. The molecule has 18 heavy (non-hydrogen) atoms. The Hall–Kier alpha value is -2.36. The third kappa shape index (κ3) is 1.62. The molecular weight excluding hydrogens is 226 g/mol. The Labute approximate surface area is 105 Å². The van der Waals surface area contributed by atoms with Gasteiger partial charge in [0.15, 0.2) is 5.82 Å². The monoisotopic (exact) mass is 239 g/mol. The second-order valence-electron chi connectivity index (χ2n) is 4.06. The van der Waals surface area contributed by atoms with Gasteiger partial charge in [0.05, 0.1) is 18.1 Å². The average molecular weight is 239 g/mol. The van der Waals surface area contributed by atoms with E-state index in [1.807, 2.05) is 48.0 Å². The summed E-state index contributed by atoms with van der Waals surface area (Å²) in [5.41, 5.74) is 2.88. The molecule has 0 saturated heterocycles. The van der Waals surface area contributed by atoms with Crippen molar-refractivity contribution in [2.24, 2.45) is 7.05 Å². The number of benzene rings is 1. The Morgan fingerprint density at radius 1 is 1.17 bits per heavy atom. The number of methoxy groups -OCH3 is 1. The van der Waals surface area contributed by atoms with E-state index in [0.29, 0.717) is 0 Å². The van der Waals surface area contributed by atoms with Crippen LogP contribution >= 0.6 is 0 Å². The number of ether oxygens (including phenoxy) is 1. The molecule has 0 atom stereocenters. The highest BCUT2D eigenvalue weighted by Gasteiger charge is 2.10. The first-order valence-corrected chi connectivity index (χ1v) is 5.71. The normalized spacial score (nSPS) is 10.8. The van der Waals surface area contributed by atoms with Crippen LogP contribution in [0.4, 0.5) is 0 Å². The van der Waals surface area contributed by atoms with Crippen LogP contribution in [0.5, 0.6) is 5.75 Å². The molecule has 0 aliphatic rings. The van der Waals surface area contributed by atoms with E-state index in [0.717, 1.165) is 28.3 Å². The lowest BCUT2D eigenvalue weighted by atomic mass is 10.3. The fraction of sp³-hybridized carbons (Fsp3) is 0.143. The molecule has 0 radical (unpaired) electrons. The third-order valence-electron chi connectivity index (χ3n) is 2.98. The quantitative estimate of drug-likeness (QED) is 0.690. The van der Waals surface area contributed by atoms with Crippen LogP contribution in [0.1, 0.15) is 0 Å². The number of aryl methyl sites for hydroxylation is 1. The van der Waals surface area contributed by atoms with Crippen molar-refractivity contribution < 1.29 is 4.74 Å². The molecule has 0 aliphatic heterocycles. The smallest absolute Gasteiger partial charge is 0.159 e. The van der Waals surface area contributed by atoms with E-state index in [9.17, 15) is 0 Å². The zero-order chi connectivity index (χ0) is 12.5. The first-order chi connectivity index (χ1) is 8.79. The molecule has 0 fully saturated rings. The SMILES string of the molecule is COc1ccnc(-c2nc3ccccc3n2C)c1. The summed E-state index contributed by atoms with van der Waals surface area (Å²) >= 11 is 0. The van der Waals surface area contributed by atoms with Gasteiger partial charge in [0.1, 0.15) is 11.4 Å². The summed E-state index contributed by atoms with van der Waals surface area (Å²) in [4.78, 5) is 8.95. The van der Waals surface area contributed by atoms with Crippen molar-refractivity contribution in [3.8, 4) is 17.3 Å². The summed E-state index contributed by atoms with van der Waals surface area (Å²) in [6, 6.07) is 11.8. The van der Waals surface area contributed by atoms with E-state index in [1.54, 1.807) is 13.3 Å². The minimum atomic E-state index is 0.784. The maximum absolute atomic E-state index is 5.21. The average Bonchev–Trinajstić information content (AvgIpc) is 2.77. The van der Waals surface area contributed by atoms with E-state index in [1.165, 1.54) is 0 Å². The summed E-state index contributed by atoms with van der Waals surface area (Å²) in [5, 5.41) is 0. The van der Waals surface area contributed by atoms with Gasteiger partial charge in [-0.3, -0.25) is 4.98 Å². The second-order valence-corrected chi connectivity index (χ2v) is 4.06. The molecule has 2 heterocycles. The number of para-hydroxylation sites is 2. The van der Waals surface area contributed by atoms with Crippen molar-refractivity contribution in [3.63, 3.8) is 0 Å².